The number of anilines is 3. The number of ether oxygens (including phenoxy) is 1. The maximum absolute atomic E-state index is 12.4. The zero-order valence-electron chi connectivity index (χ0n) is 15.5. The Labute approximate surface area is 161 Å². The van der Waals surface area contributed by atoms with E-state index < -0.39 is 5.91 Å². The molecule has 144 valence electrons. The number of hydrogen-bond donors (Lipinski definition) is 3. The molecule has 0 saturated heterocycles. The van der Waals surface area contributed by atoms with E-state index in [0.717, 1.165) is 5.56 Å². The van der Waals surface area contributed by atoms with Crippen molar-refractivity contribution >= 4 is 29.0 Å². The van der Waals surface area contributed by atoms with E-state index in [1.54, 1.807) is 43.5 Å². The summed E-state index contributed by atoms with van der Waals surface area (Å²) in [5, 5.41) is 13.0. The highest BCUT2D eigenvalue weighted by atomic mass is 16.5. The van der Waals surface area contributed by atoms with Gasteiger partial charge in [-0.05, 0) is 31.2 Å². The average molecular weight is 380 g/mol. The summed E-state index contributed by atoms with van der Waals surface area (Å²) < 4.78 is 6.28. The molecule has 0 aliphatic carbocycles. The van der Waals surface area contributed by atoms with Crippen molar-refractivity contribution in [1.29, 1.82) is 0 Å². The fourth-order valence-corrected chi connectivity index (χ4v) is 2.46. The molecule has 0 fully saturated rings. The van der Waals surface area contributed by atoms with Crippen LogP contribution < -0.4 is 21.1 Å². The topological polar surface area (TPSA) is 124 Å². The van der Waals surface area contributed by atoms with Crippen LogP contribution in [0.15, 0.2) is 48.5 Å². The second-order valence-electron chi connectivity index (χ2n) is 6.08. The van der Waals surface area contributed by atoms with Gasteiger partial charge in [-0.15, -0.1) is 5.10 Å². The molecule has 0 atom stereocenters. The molecule has 0 aliphatic heterocycles. The van der Waals surface area contributed by atoms with E-state index in [1.165, 1.54) is 4.68 Å². The van der Waals surface area contributed by atoms with Crippen LogP contribution in [-0.2, 0) is 11.3 Å². The minimum Gasteiger partial charge on any atom is -0.497 e. The zero-order valence-corrected chi connectivity index (χ0v) is 15.5. The molecule has 0 radical (unpaired) electrons. The molecule has 0 unspecified atom stereocenters. The summed E-state index contributed by atoms with van der Waals surface area (Å²) in [7, 11) is 1.54. The van der Waals surface area contributed by atoms with Gasteiger partial charge in [0.2, 0.25) is 5.91 Å². The molecule has 2 aromatic carbocycles. The number of aryl methyl sites for hydroxylation is 1. The number of hydrogen-bond acceptors (Lipinski definition) is 6. The second kappa shape index (κ2) is 8.21. The third-order valence-corrected chi connectivity index (χ3v) is 3.94. The molecule has 4 N–H and O–H groups in total. The first kappa shape index (κ1) is 18.9. The van der Waals surface area contributed by atoms with Gasteiger partial charge in [0.25, 0.3) is 5.91 Å². The largest absolute Gasteiger partial charge is 0.497 e. The van der Waals surface area contributed by atoms with E-state index >= 15 is 0 Å². The average Bonchev–Trinajstić information content (AvgIpc) is 3.04. The van der Waals surface area contributed by atoms with E-state index in [1.807, 2.05) is 19.1 Å². The smallest absolute Gasteiger partial charge is 0.280 e. The van der Waals surface area contributed by atoms with Crippen LogP contribution >= 0.6 is 0 Å². The number of carbonyl (C=O) groups excluding carboxylic acids is 2. The maximum atomic E-state index is 12.4. The van der Waals surface area contributed by atoms with Crippen LogP contribution in [0, 0.1) is 6.92 Å². The quantitative estimate of drug-likeness (QED) is 0.601. The Balaban J connectivity index is 1.65. The highest BCUT2D eigenvalue weighted by Gasteiger charge is 2.19. The van der Waals surface area contributed by atoms with Crippen LogP contribution in [0.3, 0.4) is 0 Å². The zero-order chi connectivity index (χ0) is 20.1. The number of nitrogen functional groups attached to an aromatic ring is 1. The summed E-state index contributed by atoms with van der Waals surface area (Å²) in [6, 6.07) is 14.2. The summed E-state index contributed by atoms with van der Waals surface area (Å²) in [6.07, 6.45) is 0. The molecular weight excluding hydrogens is 360 g/mol. The maximum Gasteiger partial charge on any atom is 0.280 e. The van der Waals surface area contributed by atoms with Gasteiger partial charge in [0, 0.05) is 17.4 Å². The van der Waals surface area contributed by atoms with Crippen LogP contribution in [0.1, 0.15) is 16.1 Å². The fraction of sp³-hybridized carbons (Fsp3) is 0.158. The van der Waals surface area contributed by atoms with E-state index in [0.29, 0.717) is 17.1 Å². The van der Waals surface area contributed by atoms with Gasteiger partial charge in [0.1, 0.15) is 12.3 Å². The first-order chi connectivity index (χ1) is 13.5. The normalized spacial score (nSPS) is 10.4. The summed E-state index contributed by atoms with van der Waals surface area (Å²) in [6.45, 7) is 1.76. The van der Waals surface area contributed by atoms with Crippen molar-refractivity contribution in [2.24, 2.45) is 0 Å². The number of nitrogens with one attached hydrogen (secondary N) is 2. The summed E-state index contributed by atoms with van der Waals surface area (Å²) >= 11 is 0. The summed E-state index contributed by atoms with van der Waals surface area (Å²) in [4.78, 5) is 24.6. The summed E-state index contributed by atoms with van der Waals surface area (Å²) in [5.41, 5.74) is 8.16. The highest BCUT2D eigenvalue weighted by molar-refractivity contribution is 6.05. The van der Waals surface area contributed by atoms with Crippen LogP contribution in [0.25, 0.3) is 0 Å². The molecular formula is C19H20N6O3. The molecule has 0 bridgehead atoms. The molecule has 9 heteroatoms. The predicted molar refractivity (Wildman–Crippen MR) is 105 cm³/mol. The molecule has 0 saturated carbocycles. The number of benzene rings is 2. The monoisotopic (exact) mass is 380 g/mol. The van der Waals surface area contributed by atoms with Crippen molar-refractivity contribution in [3.05, 3.63) is 59.8 Å². The van der Waals surface area contributed by atoms with Crippen molar-refractivity contribution in [2.45, 2.75) is 13.5 Å². The van der Waals surface area contributed by atoms with E-state index in [2.05, 4.69) is 20.9 Å². The Morgan fingerprint density at radius 2 is 1.86 bits per heavy atom. The lowest BCUT2D eigenvalue weighted by Gasteiger charge is -2.08. The van der Waals surface area contributed by atoms with Crippen LogP contribution in [-0.4, -0.2) is 33.9 Å². The third kappa shape index (κ3) is 4.44. The van der Waals surface area contributed by atoms with Crippen molar-refractivity contribution in [3.63, 3.8) is 0 Å². The van der Waals surface area contributed by atoms with Gasteiger partial charge in [0.15, 0.2) is 11.5 Å². The lowest BCUT2D eigenvalue weighted by molar-refractivity contribution is -0.116. The standard InChI is InChI=1S/C19H20N6O3/c1-12-6-8-13(9-7-12)22-19(27)17-18(20)25(24-23-17)11-16(26)21-14-4-3-5-15(10-14)28-2/h3-10H,11,20H2,1-2H3,(H,21,26)(H,22,27). The number of methoxy groups -OCH3 is 1. The van der Waals surface area contributed by atoms with Gasteiger partial charge in [-0.3, -0.25) is 9.59 Å². The van der Waals surface area contributed by atoms with Gasteiger partial charge < -0.3 is 21.1 Å². The molecule has 3 aromatic rings. The Morgan fingerprint density at radius 3 is 2.57 bits per heavy atom. The first-order valence-electron chi connectivity index (χ1n) is 8.47. The third-order valence-electron chi connectivity index (χ3n) is 3.94. The second-order valence-corrected chi connectivity index (χ2v) is 6.08. The van der Waals surface area contributed by atoms with E-state index in [9.17, 15) is 9.59 Å². The van der Waals surface area contributed by atoms with Crippen molar-refractivity contribution in [3.8, 4) is 5.75 Å². The minimum atomic E-state index is -0.499. The van der Waals surface area contributed by atoms with Gasteiger partial charge in [-0.1, -0.05) is 29.0 Å². The minimum absolute atomic E-state index is 0.00500. The Morgan fingerprint density at radius 1 is 1.11 bits per heavy atom. The van der Waals surface area contributed by atoms with E-state index in [-0.39, 0.29) is 24.0 Å². The molecule has 1 heterocycles. The van der Waals surface area contributed by atoms with Gasteiger partial charge in [0.05, 0.1) is 7.11 Å². The fourth-order valence-electron chi connectivity index (χ4n) is 2.46. The molecule has 2 amide bonds. The van der Waals surface area contributed by atoms with Gasteiger partial charge in [-0.2, -0.15) is 0 Å². The highest BCUT2D eigenvalue weighted by Crippen LogP contribution is 2.17. The van der Waals surface area contributed by atoms with Crippen LogP contribution in [0.2, 0.25) is 0 Å². The Bertz CT molecular complexity index is 997. The number of carbonyl (C=O) groups is 2. The number of nitrogens with two attached hydrogens (primary N) is 1. The number of nitrogens with zero attached hydrogens (tertiary/aromatic N) is 3. The molecule has 9 nitrogen and oxygen atoms in total. The molecule has 28 heavy (non-hydrogen) atoms. The number of amides is 2. The summed E-state index contributed by atoms with van der Waals surface area (Å²) in [5.74, 6) is -0.241. The van der Waals surface area contributed by atoms with Gasteiger partial charge in [-0.25, -0.2) is 4.68 Å². The predicted octanol–water partition coefficient (Wildman–Crippen LogP) is 2.07. The lowest BCUT2D eigenvalue weighted by Crippen LogP contribution is -2.21. The first-order valence-corrected chi connectivity index (χ1v) is 8.47. The Hall–Kier alpha value is -3.88. The lowest BCUT2D eigenvalue weighted by atomic mass is 10.2. The molecule has 1 aromatic heterocycles. The molecule has 0 aliphatic rings. The van der Waals surface area contributed by atoms with Gasteiger partial charge >= 0.3 is 0 Å². The number of rotatable bonds is 6. The number of aromatic nitrogens is 3. The molecule has 3 rings (SSSR count). The van der Waals surface area contributed by atoms with Crippen molar-refractivity contribution in [2.75, 3.05) is 23.5 Å². The Kier molecular flexibility index (Phi) is 5.54. The van der Waals surface area contributed by atoms with E-state index in [4.69, 9.17) is 10.5 Å². The van der Waals surface area contributed by atoms with Crippen LogP contribution in [0.4, 0.5) is 17.2 Å². The van der Waals surface area contributed by atoms with Crippen molar-refractivity contribution < 1.29 is 14.3 Å². The van der Waals surface area contributed by atoms with Crippen LogP contribution in [0.5, 0.6) is 5.75 Å². The van der Waals surface area contributed by atoms with Crippen molar-refractivity contribution in [1.82, 2.24) is 15.0 Å². The SMILES string of the molecule is COc1cccc(NC(=O)Cn2nnc(C(=O)Nc3ccc(C)cc3)c2N)c1. The molecule has 0 spiro atoms.